The second kappa shape index (κ2) is 4.70. The van der Waals surface area contributed by atoms with E-state index in [0.29, 0.717) is 16.4 Å². The zero-order chi connectivity index (χ0) is 13.2. The molecule has 0 aliphatic carbocycles. The van der Waals surface area contributed by atoms with Crippen molar-refractivity contribution in [1.29, 1.82) is 0 Å². The van der Waals surface area contributed by atoms with Gasteiger partial charge in [0, 0.05) is 23.5 Å². The van der Waals surface area contributed by atoms with Crippen LogP contribution < -0.4 is 5.43 Å². The first-order valence-corrected chi connectivity index (χ1v) is 5.97. The number of aromatic amines is 1. The molecule has 6 heteroatoms. The molecule has 0 saturated heterocycles. The first kappa shape index (κ1) is 11.7. The van der Waals surface area contributed by atoms with Gasteiger partial charge >= 0.3 is 0 Å². The van der Waals surface area contributed by atoms with Crippen molar-refractivity contribution in [2.24, 2.45) is 0 Å². The lowest BCUT2D eigenvalue weighted by molar-refractivity contribution is 0.839. The van der Waals surface area contributed by atoms with E-state index in [1.807, 2.05) is 12.1 Å². The number of hydrogen-bond donors (Lipinski definition) is 1. The maximum Gasteiger partial charge on any atom is 0.209 e. The molecule has 5 nitrogen and oxygen atoms in total. The number of rotatable bonds is 2. The molecule has 0 fully saturated rings. The van der Waals surface area contributed by atoms with E-state index >= 15 is 0 Å². The Morgan fingerprint density at radius 2 is 1.89 bits per heavy atom. The first-order valence-electron chi connectivity index (χ1n) is 5.60. The van der Waals surface area contributed by atoms with E-state index < -0.39 is 0 Å². The third-order valence-corrected chi connectivity index (χ3v) is 2.91. The van der Waals surface area contributed by atoms with Crippen LogP contribution in [0.4, 0.5) is 0 Å². The predicted octanol–water partition coefficient (Wildman–Crippen LogP) is 2.28. The fourth-order valence-electron chi connectivity index (χ4n) is 1.72. The summed E-state index contributed by atoms with van der Waals surface area (Å²) in [5.41, 5.74) is 1.59. The molecule has 3 rings (SSSR count). The standard InChI is InChI=1S/C13H9ClN4O/c14-9-1-3-10(4-2-9)18-8-6-12(19)13(17-18)11-5-7-15-16-11/h1-8H,(H,15,16). The smallest absolute Gasteiger partial charge is 0.209 e. The third-order valence-electron chi connectivity index (χ3n) is 2.66. The summed E-state index contributed by atoms with van der Waals surface area (Å²) < 4.78 is 1.62. The van der Waals surface area contributed by atoms with Crippen LogP contribution in [0.1, 0.15) is 0 Å². The summed E-state index contributed by atoms with van der Waals surface area (Å²) in [5.74, 6) is 0. The summed E-state index contributed by atoms with van der Waals surface area (Å²) in [4.78, 5) is 11.8. The second-order valence-corrected chi connectivity index (χ2v) is 4.36. The molecule has 0 atom stereocenters. The van der Waals surface area contributed by atoms with Crippen LogP contribution in [-0.2, 0) is 0 Å². The van der Waals surface area contributed by atoms with Crippen molar-refractivity contribution >= 4 is 11.6 Å². The van der Waals surface area contributed by atoms with Crippen LogP contribution in [0.15, 0.2) is 53.6 Å². The van der Waals surface area contributed by atoms with Crippen LogP contribution in [0.5, 0.6) is 0 Å². The molecule has 0 saturated carbocycles. The quantitative estimate of drug-likeness (QED) is 0.778. The van der Waals surface area contributed by atoms with Crippen molar-refractivity contribution in [3.05, 3.63) is 64.0 Å². The largest absolute Gasteiger partial charge is 0.287 e. The van der Waals surface area contributed by atoms with E-state index in [-0.39, 0.29) is 5.43 Å². The van der Waals surface area contributed by atoms with Crippen molar-refractivity contribution in [2.75, 3.05) is 0 Å². The van der Waals surface area contributed by atoms with Gasteiger partial charge in [0.25, 0.3) is 0 Å². The maximum atomic E-state index is 11.8. The van der Waals surface area contributed by atoms with Crippen LogP contribution in [0, 0.1) is 0 Å². The molecule has 0 aliphatic rings. The van der Waals surface area contributed by atoms with Crippen molar-refractivity contribution in [3.63, 3.8) is 0 Å². The van der Waals surface area contributed by atoms with Crippen LogP contribution in [0.3, 0.4) is 0 Å². The molecule has 1 aromatic carbocycles. The number of H-pyrrole nitrogens is 1. The second-order valence-electron chi connectivity index (χ2n) is 3.92. The van der Waals surface area contributed by atoms with Gasteiger partial charge in [0.1, 0.15) is 0 Å². The molecule has 0 bridgehead atoms. The molecule has 2 heterocycles. The Morgan fingerprint density at radius 3 is 2.58 bits per heavy atom. The fraction of sp³-hybridized carbons (Fsp3) is 0. The molecule has 0 radical (unpaired) electrons. The number of nitrogens with one attached hydrogen (secondary N) is 1. The summed E-state index contributed by atoms with van der Waals surface area (Å²) in [6, 6.07) is 10.4. The number of aromatic nitrogens is 4. The van der Waals surface area contributed by atoms with Crippen LogP contribution in [0.2, 0.25) is 5.02 Å². The zero-order valence-electron chi connectivity index (χ0n) is 9.75. The highest BCUT2D eigenvalue weighted by atomic mass is 35.5. The van der Waals surface area contributed by atoms with Gasteiger partial charge in [-0.2, -0.15) is 10.2 Å². The highest BCUT2D eigenvalue weighted by Crippen LogP contribution is 2.13. The molecule has 0 spiro atoms. The molecule has 0 unspecified atom stereocenters. The van der Waals surface area contributed by atoms with E-state index in [1.54, 1.807) is 35.3 Å². The fourth-order valence-corrected chi connectivity index (χ4v) is 1.85. The van der Waals surface area contributed by atoms with E-state index in [4.69, 9.17) is 11.6 Å². The number of benzene rings is 1. The van der Waals surface area contributed by atoms with Crippen LogP contribution in [-0.4, -0.2) is 20.0 Å². The van der Waals surface area contributed by atoms with Gasteiger partial charge in [0.15, 0.2) is 5.69 Å². The lowest BCUT2D eigenvalue weighted by Gasteiger charge is -2.06. The van der Waals surface area contributed by atoms with E-state index in [9.17, 15) is 4.79 Å². The topological polar surface area (TPSA) is 63.6 Å². The van der Waals surface area contributed by atoms with E-state index in [0.717, 1.165) is 5.69 Å². The Hall–Kier alpha value is -2.40. The SMILES string of the molecule is O=c1ccn(-c2ccc(Cl)cc2)nc1-c1ccn[nH]1. The zero-order valence-corrected chi connectivity index (χ0v) is 10.5. The van der Waals surface area contributed by atoms with Gasteiger partial charge in [-0.05, 0) is 30.3 Å². The van der Waals surface area contributed by atoms with Gasteiger partial charge in [-0.15, -0.1) is 0 Å². The number of halogens is 1. The molecular formula is C13H9ClN4O. The Labute approximate surface area is 113 Å². The maximum absolute atomic E-state index is 11.8. The summed E-state index contributed by atoms with van der Waals surface area (Å²) in [6.45, 7) is 0. The minimum atomic E-state index is -0.158. The van der Waals surface area contributed by atoms with Crippen molar-refractivity contribution in [2.45, 2.75) is 0 Å². The van der Waals surface area contributed by atoms with Crippen LogP contribution >= 0.6 is 11.6 Å². The van der Waals surface area contributed by atoms with Crippen molar-refractivity contribution in [1.82, 2.24) is 20.0 Å². The monoisotopic (exact) mass is 272 g/mol. The summed E-state index contributed by atoms with van der Waals surface area (Å²) in [5, 5.41) is 11.5. The molecule has 0 aliphatic heterocycles. The highest BCUT2D eigenvalue weighted by Gasteiger charge is 2.07. The van der Waals surface area contributed by atoms with Gasteiger partial charge in [0.05, 0.1) is 11.4 Å². The Bertz CT molecular complexity index is 747. The van der Waals surface area contributed by atoms with Crippen molar-refractivity contribution < 1.29 is 0 Å². The third kappa shape index (κ3) is 2.28. The molecular weight excluding hydrogens is 264 g/mol. The summed E-state index contributed by atoms with van der Waals surface area (Å²) >= 11 is 5.84. The molecule has 3 aromatic rings. The molecule has 94 valence electrons. The average Bonchev–Trinajstić information content (AvgIpc) is 2.94. The van der Waals surface area contributed by atoms with E-state index in [1.165, 1.54) is 6.07 Å². The minimum Gasteiger partial charge on any atom is -0.287 e. The van der Waals surface area contributed by atoms with Gasteiger partial charge in [-0.25, -0.2) is 4.68 Å². The average molecular weight is 273 g/mol. The van der Waals surface area contributed by atoms with Crippen molar-refractivity contribution in [3.8, 4) is 17.1 Å². The normalized spacial score (nSPS) is 10.6. The highest BCUT2D eigenvalue weighted by molar-refractivity contribution is 6.30. The number of hydrogen-bond acceptors (Lipinski definition) is 3. The summed E-state index contributed by atoms with van der Waals surface area (Å²) in [6.07, 6.45) is 3.20. The molecule has 0 amide bonds. The Kier molecular flexibility index (Phi) is 2.89. The van der Waals surface area contributed by atoms with Gasteiger partial charge < -0.3 is 0 Å². The van der Waals surface area contributed by atoms with E-state index in [2.05, 4.69) is 15.3 Å². The Balaban J connectivity index is 2.12. The number of nitrogens with zero attached hydrogens (tertiary/aromatic N) is 3. The van der Waals surface area contributed by atoms with Gasteiger partial charge in [-0.3, -0.25) is 9.89 Å². The van der Waals surface area contributed by atoms with Gasteiger partial charge in [-0.1, -0.05) is 11.6 Å². The lowest BCUT2D eigenvalue weighted by atomic mass is 10.3. The molecule has 2 aromatic heterocycles. The predicted molar refractivity (Wildman–Crippen MR) is 72.4 cm³/mol. The first-order chi connectivity index (χ1) is 9.24. The van der Waals surface area contributed by atoms with Crippen LogP contribution in [0.25, 0.3) is 17.1 Å². The Morgan fingerprint density at radius 1 is 1.11 bits per heavy atom. The minimum absolute atomic E-state index is 0.158. The summed E-state index contributed by atoms with van der Waals surface area (Å²) in [7, 11) is 0. The lowest BCUT2D eigenvalue weighted by Crippen LogP contribution is -2.12. The molecule has 1 N–H and O–H groups in total. The van der Waals surface area contributed by atoms with Gasteiger partial charge in [0.2, 0.25) is 5.43 Å². The molecule has 19 heavy (non-hydrogen) atoms.